The van der Waals surface area contributed by atoms with Crippen molar-refractivity contribution >= 4 is 52.7 Å². The number of carbonyl (C=O) groups excluding carboxylic acids is 1. The second-order valence-electron chi connectivity index (χ2n) is 5.04. The number of halogens is 3. The highest BCUT2D eigenvalue weighted by Gasteiger charge is 2.35. The van der Waals surface area contributed by atoms with Gasteiger partial charge in [0.15, 0.2) is 12.0 Å². The van der Waals surface area contributed by atoms with Crippen LogP contribution >= 0.6 is 34.8 Å². The van der Waals surface area contributed by atoms with Gasteiger partial charge >= 0.3 is 11.9 Å². The van der Waals surface area contributed by atoms with Gasteiger partial charge in [0.05, 0.1) is 0 Å². The van der Waals surface area contributed by atoms with Crippen LogP contribution in [0.15, 0.2) is 24.7 Å². The third-order valence-electron chi connectivity index (χ3n) is 3.20. The molecule has 2 aromatic rings. The van der Waals surface area contributed by atoms with Crippen molar-refractivity contribution < 1.29 is 14.5 Å². The van der Waals surface area contributed by atoms with Crippen LogP contribution in [0.3, 0.4) is 0 Å². The van der Waals surface area contributed by atoms with Crippen LogP contribution < -0.4 is 10.6 Å². The van der Waals surface area contributed by atoms with Crippen molar-refractivity contribution in [3.05, 3.63) is 40.6 Å². The van der Waals surface area contributed by atoms with E-state index in [9.17, 15) is 14.9 Å². The molecule has 0 aliphatic carbocycles. The van der Waals surface area contributed by atoms with Gasteiger partial charge in [0, 0.05) is 19.3 Å². The van der Waals surface area contributed by atoms with Crippen molar-refractivity contribution in [1.82, 2.24) is 24.8 Å². The van der Waals surface area contributed by atoms with Crippen LogP contribution in [0.1, 0.15) is 5.82 Å². The Morgan fingerprint density at radius 2 is 2.04 bits per heavy atom. The van der Waals surface area contributed by atoms with Crippen molar-refractivity contribution in [2.24, 2.45) is 0 Å². The molecule has 2 rings (SSSR count). The maximum Gasteiger partial charge on any atom is 0.409 e. The number of nitro groups is 1. The summed E-state index contributed by atoms with van der Waals surface area (Å²) in [6.45, 7) is 1.46. The van der Waals surface area contributed by atoms with Gasteiger partial charge in [0.1, 0.15) is 19.3 Å². The Balaban J connectivity index is 1.92. The Hall–Kier alpha value is -2.37. The molecule has 0 aromatic carbocycles. The molecule has 0 unspecified atom stereocenters. The van der Waals surface area contributed by atoms with Gasteiger partial charge in [0.2, 0.25) is 9.74 Å². The summed E-state index contributed by atoms with van der Waals surface area (Å²) in [7, 11) is 0. The van der Waals surface area contributed by atoms with Crippen LogP contribution in [0.5, 0.6) is 0 Å². The monoisotopic (exact) mass is 437 g/mol. The first-order valence-corrected chi connectivity index (χ1v) is 8.52. The number of alkyl halides is 3. The SMILES string of the molecule is Cc1ncc([N+](=O)[O-])n1CCOC(=O)N[C@H](Nc1ncccn1)C(Cl)(Cl)Cl. The third-order valence-corrected chi connectivity index (χ3v) is 3.85. The number of nitrogens with one attached hydrogen (secondary N) is 2. The van der Waals surface area contributed by atoms with Crippen molar-refractivity contribution in [3.63, 3.8) is 0 Å². The van der Waals surface area contributed by atoms with E-state index in [1.807, 2.05) is 0 Å². The Kier molecular flexibility index (Phi) is 6.99. The van der Waals surface area contributed by atoms with Crippen LogP contribution in [0.4, 0.5) is 16.6 Å². The molecule has 1 amide bonds. The molecular weight excluding hydrogens is 425 g/mol. The summed E-state index contributed by atoms with van der Waals surface area (Å²) in [6, 6.07) is 1.59. The Bertz CT molecular complexity index is 797. The van der Waals surface area contributed by atoms with Gasteiger partial charge in [-0.2, -0.15) is 0 Å². The van der Waals surface area contributed by atoms with Crippen molar-refractivity contribution in [3.8, 4) is 0 Å². The second kappa shape index (κ2) is 9.02. The third kappa shape index (κ3) is 6.08. The van der Waals surface area contributed by atoms with Gasteiger partial charge in [-0.15, -0.1) is 0 Å². The van der Waals surface area contributed by atoms with Gasteiger partial charge in [-0.05, 0) is 11.0 Å². The molecule has 0 aliphatic rings. The lowest BCUT2D eigenvalue weighted by Crippen LogP contribution is -2.49. The molecule has 1 atom stereocenters. The van der Waals surface area contributed by atoms with E-state index in [-0.39, 0.29) is 24.9 Å². The average molecular weight is 439 g/mol. The summed E-state index contributed by atoms with van der Waals surface area (Å²) in [6.07, 6.45) is 1.95. The van der Waals surface area contributed by atoms with Gasteiger partial charge in [-0.1, -0.05) is 34.8 Å². The fraction of sp³-hybridized carbons (Fsp3) is 0.385. The first-order chi connectivity index (χ1) is 12.7. The summed E-state index contributed by atoms with van der Waals surface area (Å²) in [5, 5.41) is 15.9. The smallest absolute Gasteiger partial charge is 0.409 e. The molecule has 0 fully saturated rings. The van der Waals surface area contributed by atoms with E-state index in [2.05, 4.69) is 25.6 Å². The molecule has 0 saturated carbocycles. The number of hydrogen-bond donors (Lipinski definition) is 2. The minimum Gasteiger partial charge on any atom is -0.445 e. The molecule has 0 saturated heterocycles. The van der Waals surface area contributed by atoms with E-state index < -0.39 is 21.0 Å². The van der Waals surface area contributed by atoms with Crippen molar-refractivity contribution in [1.29, 1.82) is 0 Å². The van der Waals surface area contributed by atoms with Crippen LogP contribution in [0.25, 0.3) is 0 Å². The van der Waals surface area contributed by atoms with Crippen LogP contribution in [-0.4, -0.2) is 47.1 Å². The number of ether oxygens (including phenoxy) is 1. The molecule has 27 heavy (non-hydrogen) atoms. The fourth-order valence-electron chi connectivity index (χ4n) is 1.97. The zero-order valence-electron chi connectivity index (χ0n) is 13.8. The summed E-state index contributed by atoms with van der Waals surface area (Å²) in [5.41, 5.74) is 0. The number of aromatic nitrogens is 4. The van der Waals surface area contributed by atoms with Crippen LogP contribution in [-0.2, 0) is 11.3 Å². The Labute approximate surface area is 168 Å². The first kappa shape index (κ1) is 20.9. The normalized spacial score (nSPS) is 12.3. The quantitative estimate of drug-likeness (QED) is 0.291. The Morgan fingerprint density at radius 1 is 1.37 bits per heavy atom. The van der Waals surface area contributed by atoms with Gasteiger partial charge in [-0.3, -0.25) is 5.32 Å². The number of anilines is 1. The minimum absolute atomic E-state index is 0.0310. The van der Waals surface area contributed by atoms with Gasteiger partial charge < -0.3 is 20.2 Å². The van der Waals surface area contributed by atoms with E-state index in [1.54, 1.807) is 13.0 Å². The van der Waals surface area contributed by atoms with Gasteiger partial charge in [0.25, 0.3) is 0 Å². The summed E-state index contributed by atoms with van der Waals surface area (Å²) in [5.74, 6) is 0.324. The lowest BCUT2D eigenvalue weighted by molar-refractivity contribution is -0.392. The predicted octanol–water partition coefficient (Wildman–Crippen LogP) is 2.42. The van der Waals surface area contributed by atoms with E-state index >= 15 is 0 Å². The Morgan fingerprint density at radius 3 is 2.63 bits per heavy atom. The molecule has 0 bridgehead atoms. The molecule has 11 nitrogen and oxygen atoms in total. The van der Waals surface area contributed by atoms with Gasteiger partial charge in [-0.25, -0.2) is 24.3 Å². The molecular formula is C13H14Cl3N7O4. The maximum absolute atomic E-state index is 12.0. The highest BCUT2D eigenvalue weighted by atomic mass is 35.6. The largest absolute Gasteiger partial charge is 0.445 e. The highest BCUT2D eigenvalue weighted by Crippen LogP contribution is 2.30. The summed E-state index contributed by atoms with van der Waals surface area (Å²) in [4.78, 5) is 34.0. The lowest BCUT2D eigenvalue weighted by atomic mass is 10.5. The lowest BCUT2D eigenvalue weighted by Gasteiger charge is -2.25. The van der Waals surface area contributed by atoms with E-state index in [4.69, 9.17) is 39.5 Å². The molecule has 146 valence electrons. The number of alkyl carbamates (subject to hydrolysis) is 1. The number of carbonyl (C=O) groups is 1. The first-order valence-electron chi connectivity index (χ1n) is 7.38. The highest BCUT2D eigenvalue weighted by molar-refractivity contribution is 6.68. The van der Waals surface area contributed by atoms with Crippen molar-refractivity contribution in [2.45, 2.75) is 23.4 Å². The zero-order chi connectivity index (χ0) is 20.0. The zero-order valence-corrected chi connectivity index (χ0v) is 16.1. The number of aryl methyl sites for hydroxylation is 1. The number of rotatable bonds is 7. The fourth-order valence-corrected chi connectivity index (χ4v) is 2.30. The maximum atomic E-state index is 12.0. The van der Waals surface area contributed by atoms with E-state index in [0.717, 1.165) is 6.20 Å². The minimum atomic E-state index is -1.93. The molecule has 2 N–H and O–H groups in total. The molecule has 0 aliphatic heterocycles. The predicted molar refractivity (Wildman–Crippen MR) is 97.8 cm³/mol. The van der Waals surface area contributed by atoms with Crippen LogP contribution in [0.2, 0.25) is 0 Å². The molecule has 2 aromatic heterocycles. The molecule has 0 spiro atoms. The standard InChI is InChI=1S/C13H14Cl3N7O4/c1-8-19-7-9(23(25)26)22(8)5-6-27-12(24)21-10(13(14,15)16)20-11-17-3-2-4-18-11/h2-4,7,10H,5-6H2,1H3,(H,21,24)(H,17,18,20)/t10-/m0/s1. The number of nitrogens with zero attached hydrogens (tertiary/aromatic N) is 5. The van der Waals surface area contributed by atoms with E-state index in [1.165, 1.54) is 17.0 Å². The summed E-state index contributed by atoms with van der Waals surface area (Å²) < 4.78 is 4.36. The average Bonchev–Trinajstić information content (AvgIpc) is 2.95. The van der Waals surface area contributed by atoms with Crippen LogP contribution in [0, 0.1) is 17.0 Å². The number of hydrogen-bond acceptors (Lipinski definition) is 8. The molecule has 14 heteroatoms. The topological polar surface area (TPSA) is 137 Å². The number of imidazole rings is 1. The number of amides is 1. The second-order valence-corrected chi connectivity index (χ2v) is 7.41. The molecule has 0 radical (unpaired) electrons. The molecule has 2 heterocycles. The summed E-state index contributed by atoms with van der Waals surface area (Å²) >= 11 is 17.5. The van der Waals surface area contributed by atoms with Crippen molar-refractivity contribution in [2.75, 3.05) is 11.9 Å². The van der Waals surface area contributed by atoms with E-state index in [0.29, 0.717) is 5.82 Å².